The first kappa shape index (κ1) is 14.5. The van der Waals surface area contributed by atoms with Crippen molar-refractivity contribution in [1.82, 2.24) is 0 Å². The quantitative estimate of drug-likeness (QED) is 0.823. The highest BCUT2D eigenvalue weighted by molar-refractivity contribution is 7.99. The molecule has 1 atom stereocenters. The number of rotatable bonds is 5. The van der Waals surface area contributed by atoms with Gasteiger partial charge in [0.2, 0.25) is 0 Å². The van der Waals surface area contributed by atoms with Crippen LogP contribution >= 0.6 is 11.8 Å². The van der Waals surface area contributed by atoms with Crippen molar-refractivity contribution in [2.24, 2.45) is 5.73 Å². The Balaban J connectivity index is 1.54. The smallest absolute Gasteiger partial charge is 0.0386 e. The lowest BCUT2D eigenvalue weighted by molar-refractivity contribution is 0.419. The summed E-state index contributed by atoms with van der Waals surface area (Å²) < 4.78 is 0. The molecule has 2 fully saturated rings. The van der Waals surface area contributed by atoms with E-state index in [9.17, 15) is 0 Å². The summed E-state index contributed by atoms with van der Waals surface area (Å²) in [6.07, 6.45) is 11.2. The lowest BCUT2D eigenvalue weighted by atomic mass is 9.79. The summed E-state index contributed by atoms with van der Waals surface area (Å²) in [7, 11) is 0. The molecule has 20 heavy (non-hydrogen) atoms. The second-order valence-electron chi connectivity index (χ2n) is 6.50. The minimum Gasteiger partial charge on any atom is -0.323 e. The van der Waals surface area contributed by atoms with Crippen LogP contribution in [0.25, 0.3) is 0 Å². The second-order valence-corrected chi connectivity index (χ2v) is 7.83. The molecule has 0 aromatic heterocycles. The Kier molecular flexibility index (Phi) is 5.06. The Morgan fingerprint density at radius 3 is 2.55 bits per heavy atom. The van der Waals surface area contributed by atoms with Crippen LogP contribution in [-0.4, -0.2) is 11.0 Å². The van der Waals surface area contributed by atoms with E-state index in [-0.39, 0.29) is 6.04 Å². The maximum atomic E-state index is 6.42. The molecule has 2 N–H and O–H groups in total. The fourth-order valence-corrected chi connectivity index (χ4v) is 4.69. The molecular weight excluding hydrogens is 262 g/mol. The Morgan fingerprint density at radius 2 is 1.85 bits per heavy atom. The molecule has 0 heterocycles. The molecule has 1 aromatic carbocycles. The highest BCUT2D eigenvalue weighted by Gasteiger charge is 2.20. The minimum absolute atomic E-state index is 0.210. The maximum absolute atomic E-state index is 6.42. The van der Waals surface area contributed by atoms with Crippen LogP contribution in [0.15, 0.2) is 24.3 Å². The zero-order valence-electron chi connectivity index (χ0n) is 12.4. The van der Waals surface area contributed by atoms with E-state index in [4.69, 9.17) is 5.73 Å². The van der Waals surface area contributed by atoms with Crippen molar-refractivity contribution in [3.05, 3.63) is 35.4 Å². The highest BCUT2D eigenvalue weighted by Crippen LogP contribution is 2.37. The monoisotopic (exact) mass is 289 g/mol. The summed E-state index contributed by atoms with van der Waals surface area (Å²) in [5, 5.41) is 0.865. The summed E-state index contributed by atoms with van der Waals surface area (Å²) in [5.74, 6) is 1.90. The van der Waals surface area contributed by atoms with Crippen molar-refractivity contribution in [3.63, 3.8) is 0 Å². The van der Waals surface area contributed by atoms with Crippen LogP contribution in [-0.2, 0) is 0 Å². The van der Waals surface area contributed by atoms with Crippen molar-refractivity contribution < 1.29 is 0 Å². The zero-order valence-corrected chi connectivity index (χ0v) is 13.2. The average molecular weight is 289 g/mol. The number of thioether (sulfide) groups is 1. The van der Waals surface area contributed by atoms with Gasteiger partial charge in [-0.1, -0.05) is 49.9 Å². The number of hydrogen-bond acceptors (Lipinski definition) is 2. The van der Waals surface area contributed by atoms with Gasteiger partial charge in [-0.2, -0.15) is 11.8 Å². The Labute approximate surface area is 127 Å². The summed E-state index contributed by atoms with van der Waals surface area (Å²) in [5.41, 5.74) is 9.29. The number of hydrogen-bond donors (Lipinski definition) is 1. The molecule has 110 valence electrons. The lowest BCUT2D eigenvalue weighted by Crippen LogP contribution is -2.17. The summed E-state index contributed by atoms with van der Waals surface area (Å²) in [6.45, 7) is 0. The molecule has 0 radical (unpaired) electrons. The van der Waals surface area contributed by atoms with Crippen molar-refractivity contribution in [2.75, 3.05) is 5.75 Å². The van der Waals surface area contributed by atoms with Gasteiger partial charge in [-0.15, -0.1) is 0 Å². The Hall–Kier alpha value is -0.470. The van der Waals surface area contributed by atoms with E-state index in [1.807, 2.05) is 0 Å². The van der Waals surface area contributed by atoms with Crippen molar-refractivity contribution >= 4 is 11.8 Å². The van der Waals surface area contributed by atoms with Gasteiger partial charge in [-0.05, 0) is 42.7 Å². The third-order valence-electron chi connectivity index (χ3n) is 4.98. The molecule has 0 aliphatic heterocycles. The van der Waals surface area contributed by atoms with Crippen molar-refractivity contribution in [1.29, 1.82) is 0 Å². The summed E-state index contributed by atoms with van der Waals surface area (Å²) >= 11 is 2.11. The standard InChI is InChI=1S/C18H27NS/c19-18(13-20-17-10-2-1-3-11-17)16-9-5-8-15(12-16)14-6-4-7-14/h5,8-9,12,14,17-18H,1-4,6-7,10-11,13,19H2. The molecule has 0 bridgehead atoms. The van der Waals surface area contributed by atoms with Gasteiger partial charge in [-0.25, -0.2) is 0 Å². The number of nitrogens with two attached hydrogens (primary N) is 1. The molecule has 2 aliphatic carbocycles. The first-order valence-corrected chi connectivity index (χ1v) is 9.35. The van der Waals surface area contributed by atoms with E-state index < -0.39 is 0 Å². The predicted octanol–water partition coefficient (Wildman–Crippen LogP) is 5.02. The van der Waals surface area contributed by atoms with Gasteiger partial charge in [0.15, 0.2) is 0 Å². The van der Waals surface area contributed by atoms with Crippen LogP contribution in [0.2, 0.25) is 0 Å². The lowest BCUT2D eigenvalue weighted by Gasteiger charge is -2.27. The predicted molar refractivity (Wildman–Crippen MR) is 89.3 cm³/mol. The topological polar surface area (TPSA) is 26.0 Å². The van der Waals surface area contributed by atoms with E-state index in [0.29, 0.717) is 0 Å². The normalized spacial score (nSPS) is 22.4. The second kappa shape index (κ2) is 7.00. The van der Waals surface area contributed by atoms with Crippen LogP contribution in [0.4, 0.5) is 0 Å². The van der Waals surface area contributed by atoms with Gasteiger partial charge in [0.05, 0.1) is 0 Å². The average Bonchev–Trinajstić information content (AvgIpc) is 2.44. The van der Waals surface area contributed by atoms with Crippen molar-refractivity contribution in [2.45, 2.75) is 68.6 Å². The SMILES string of the molecule is NC(CSC1CCCCC1)c1cccc(C2CCC2)c1. The molecule has 3 rings (SSSR count). The molecule has 1 aromatic rings. The van der Waals surface area contributed by atoms with E-state index >= 15 is 0 Å². The number of benzene rings is 1. The molecule has 2 aliphatic rings. The van der Waals surface area contributed by atoms with E-state index in [1.165, 1.54) is 62.5 Å². The van der Waals surface area contributed by atoms with E-state index in [1.54, 1.807) is 0 Å². The van der Waals surface area contributed by atoms with Crippen LogP contribution < -0.4 is 5.73 Å². The zero-order chi connectivity index (χ0) is 13.8. The largest absolute Gasteiger partial charge is 0.323 e. The van der Waals surface area contributed by atoms with Gasteiger partial charge in [0, 0.05) is 17.0 Å². The molecule has 1 unspecified atom stereocenters. The molecule has 2 saturated carbocycles. The van der Waals surface area contributed by atoms with E-state index in [0.717, 1.165) is 16.9 Å². The molecule has 0 spiro atoms. The van der Waals surface area contributed by atoms with Gasteiger partial charge >= 0.3 is 0 Å². The van der Waals surface area contributed by atoms with Crippen LogP contribution in [0.5, 0.6) is 0 Å². The summed E-state index contributed by atoms with van der Waals surface area (Å²) in [4.78, 5) is 0. The van der Waals surface area contributed by atoms with Crippen LogP contribution in [0.3, 0.4) is 0 Å². The van der Waals surface area contributed by atoms with E-state index in [2.05, 4.69) is 36.0 Å². The van der Waals surface area contributed by atoms with Gasteiger partial charge in [0.25, 0.3) is 0 Å². The molecule has 0 saturated heterocycles. The Bertz CT molecular complexity index is 421. The van der Waals surface area contributed by atoms with Gasteiger partial charge in [-0.3, -0.25) is 0 Å². The van der Waals surface area contributed by atoms with Gasteiger partial charge in [0.1, 0.15) is 0 Å². The maximum Gasteiger partial charge on any atom is 0.0386 e. The third kappa shape index (κ3) is 3.59. The molecule has 1 nitrogen and oxygen atoms in total. The summed E-state index contributed by atoms with van der Waals surface area (Å²) in [6, 6.07) is 9.29. The van der Waals surface area contributed by atoms with Gasteiger partial charge < -0.3 is 5.73 Å². The molecule has 0 amide bonds. The highest BCUT2D eigenvalue weighted by atomic mass is 32.2. The fraction of sp³-hybridized carbons (Fsp3) is 0.667. The first-order valence-electron chi connectivity index (χ1n) is 8.30. The minimum atomic E-state index is 0.210. The molecule has 2 heteroatoms. The van der Waals surface area contributed by atoms with Crippen LogP contribution in [0, 0.1) is 0 Å². The fourth-order valence-electron chi connectivity index (χ4n) is 3.35. The van der Waals surface area contributed by atoms with Crippen LogP contribution in [0.1, 0.15) is 74.5 Å². The first-order chi connectivity index (χ1) is 9.83. The van der Waals surface area contributed by atoms with Crippen molar-refractivity contribution in [3.8, 4) is 0 Å². The third-order valence-corrected chi connectivity index (χ3v) is 6.47. The molecular formula is C18H27NS. The Morgan fingerprint density at radius 1 is 1.05 bits per heavy atom.